The molecule has 0 saturated carbocycles. The third-order valence-electron chi connectivity index (χ3n) is 4.60. The molecule has 4 rings (SSSR count). The maximum Gasteiger partial charge on any atom is 0.127 e. The summed E-state index contributed by atoms with van der Waals surface area (Å²) >= 11 is 1.67. The minimum absolute atomic E-state index is 0.0277. The number of benzene rings is 2. The lowest BCUT2D eigenvalue weighted by atomic mass is 9.93. The fourth-order valence-corrected chi connectivity index (χ4v) is 3.89. The average molecular weight is 348 g/mol. The van der Waals surface area contributed by atoms with Gasteiger partial charge in [0.2, 0.25) is 0 Å². The molecular weight excluding hydrogens is 328 g/mol. The molecule has 0 spiro atoms. The molecule has 0 amide bonds. The van der Waals surface area contributed by atoms with Gasteiger partial charge in [0.25, 0.3) is 0 Å². The highest BCUT2D eigenvalue weighted by Crippen LogP contribution is 2.34. The average Bonchev–Trinajstić information content (AvgIpc) is 3.17. The van der Waals surface area contributed by atoms with Gasteiger partial charge in [-0.2, -0.15) is 11.3 Å². The van der Waals surface area contributed by atoms with Gasteiger partial charge in [0.15, 0.2) is 0 Å². The Labute approximate surface area is 151 Å². The number of nitrogens with zero attached hydrogens (tertiary/aromatic N) is 1. The molecule has 1 aliphatic rings. The van der Waals surface area contributed by atoms with Crippen molar-refractivity contribution in [2.75, 3.05) is 0 Å². The summed E-state index contributed by atoms with van der Waals surface area (Å²) in [5.41, 5.74) is 5.54. The first-order valence-corrected chi connectivity index (χ1v) is 9.35. The van der Waals surface area contributed by atoms with Crippen LogP contribution < -0.4 is 5.32 Å². The fraction of sp³-hybridized carbons (Fsp3) is 0.190. The Balaban J connectivity index is 1.74. The number of thiophene rings is 1. The van der Waals surface area contributed by atoms with E-state index in [0.29, 0.717) is 5.75 Å². The SMILES string of the molecule is Cc1ccc(C2=N[C@@H](c3ccsc3)N[C@H](c3ccccc3O)C2)cc1. The van der Waals surface area contributed by atoms with Gasteiger partial charge in [0.1, 0.15) is 11.9 Å². The first kappa shape index (κ1) is 16.1. The molecule has 2 heterocycles. The van der Waals surface area contributed by atoms with Gasteiger partial charge >= 0.3 is 0 Å². The lowest BCUT2D eigenvalue weighted by Crippen LogP contribution is -2.32. The minimum atomic E-state index is -0.0964. The molecule has 1 aromatic heterocycles. The number of hydrogen-bond acceptors (Lipinski definition) is 4. The van der Waals surface area contributed by atoms with E-state index in [4.69, 9.17) is 4.99 Å². The molecule has 2 aromatic carbocycles. The van der Waals surface area contributed by atoms with E-state index in [0.717, 1.165) is 28.8 Å². The molecule has 3 nitrogen and oxygen atoms in total. The van der Waals surface area contributed by atoms with Gasteiger partial charge in [-0.25, -0.2) is 0 Å². The summed E-state index contributed by atoms with van der Waals surface area (Å²) in [6.07, 6.45) is 0.655. The number of phenols is 1. The van der Waals surface area contributed by atoms with Crippen molar-refractivity contribution in [2.24, 2.45) is 4.99 Å². The standard InChI is InChI=1S/C21H20N2OS/c1-14-6-8-15(9-7-14)18-12-19(17-4-2-3-5-20(17)24)23-21(22-18)16-10-11-25-13-16/h2-11,13,19,21,23-24H,12H2,1H3/t19-,21+/m0/s1. The number of aromatic hydroxyl groups is 1. The van der Waals surface area contributed by atoms with Crippen molar-refractivity contribution in [3.05, 3.63) is 87.6 Å². The molecule has 0 bridgehead atoms. The van der Waals surface area contributed by atoms with Gasteiger partial charge in [0.05, 0.1) is 0 Å². The molecule has 25 heavy (non-hydrogen) atoms. The van der Waals surface area contributed by atoms with Crippen molar-refractivity contribution < 1.29 is 5.11 Å². The van der Waals surface area contributed by atoms with Crippen LogP contribution in [0.15, 0.2) is 70.3 Å². The Morgan fingerprint density at radius 2 is 1.88 bits per heavy atom. The number of hydrogen-bond donors (Lipinski definition) is 2. The molecule has 3 aromatic rings. The van der Waals surface area contributed by atoms with Crippen molar-refractivity contribution in [2.45, 2.75) is 25.6 Å². The largest absolute Gasteiger partial charge is 0.508 e. The van der Waals surface area contributed by atoms with Crippen LogP contribution >= 0.6 is 11.3 Å². The van der Waals surface area contributed by atoms with Gasteiger partial charge in [0, 0.05) is 29.3 Å². The van der Waals surface area contributed by atoms with Crippen LogP contribution in [-0.2, 0) is 0 Å². The number of para-hydroxylation sites is 1. The summed E-state index contributed by atoms with van der Waals surface area (Å²) < 4.78 is 0. The predicted molar refractivity (Wildman–Crippen MR) is 103 cm³/mol. The van der Waals surface area contributed by atoms with Gasteiger partial charge in [-0.1, -0.05) is 48.0 Å². The van der Waals surface area contributed by atoms with Crippen LogP contribution in [0.25, 0.3) is 0 Å². The van der Waals surface area contributed by atoms with E-state index in [2.05, 4.69) is 53.3 Å². The summed E-state index contributed by atoms with van der Waals surface area (Å²) in [4.78, 5) is 4.96. The molecule has 1 aliphatic heterocycles. The summed E-state index contributed by atoms with van der Waals surface area (Å²) in [5.74, 6) is 0.328. The Kier molecular flexibility index (Phi) is 4.38. The fourth-order valence-electron chi connectivity index (χ4n) is 3.21. The van der Waals surface area contributed by atoms with Gasteiger partial charge in [-0.05, 0) is 35.4 Å². The van der Waals surface area contributed by atoms with Crippen LogP contribution in [0.5, 0.6) is 5.75 Å². The van der Waals surface area contributed by atoms with E-state index in [9.17, 15) is 5.11 Å². The van der Waals surface area contributed by atoms with Gasteiger partial charge in [-0.15, -0.1) is 0 Å². The quantitative estimate of drug-likeness (QED) is 0.701. The zero-order valence-corrected chi connectivity index (χ0v) is 14.8. The Bertz CT molecular complexity index is 885. The van der Waals surface area contributed by atoms with Crippen molar-refractivity contribution in [1.29, 1.82) is 0 Å². The lowest BCUT2D eigenvalue weighted by Gasteiger charge is -2.30. The molecule has 2 N–H and O–H groups in total. The molecule has 0 aliphatic carbocycles. The smallest absolute Gasteiger partial charge is 0.127 e. The molecule has 0 radical (unpaired) electrons. The number of nitrogens with one attached hydrogen (secondary N) is 1. The maximum absolute atomic E-state index is 10.3. The normalized spacial score (nSPS) is 20.3. The van der Waals surface area contributed by atoms with Gasteiger partial charge in [-0.3, -0.25) is 10.3 Å². The van der Waals surface area contributed by atoms with E-state index in [1.165, 1.54) is 5.56 Å². The predicted octanol–water partition coefficient (Wildman–Crippen LogP) is 4.98. The summed E-state index contributed by atoms with van der Waals surface area (Å²) in [5, 5.41) is 18.1. The van der Waals surface area contributed by atoms with Crippen molar-refractivity contribution in [3.63, 3.8) is 0 Å². The molecule has 0 fully saturated rings. The second kappa shape index (κ2) is 6.82. The monoisotopic (exact) mass is 348 g/mol. The lowest BCUT2D eigenvalue weighted by molar-refractivity contribution is 0.413. The molecule has 126 valence electrons. The summed E-state index contributed by atoms with van der Waals surface area (Å²) in [6, 6.07) is 18.2. The van der Waals surface area contributed by atoms with Crippen LogP contribution in [0.4, 0.5) is 0 Å². The summed E-state index contributed by atoms with van der Waals surface area (Å²) in [6.45, 7) is 2.09. The topological polar surface area (TPSA) is 44.6 Å². The van der Waals surface area contributed by atoms with Crippen molar-refractivity contribution in [1.82, 2.24) is 5.32 Å². The third kappa shape index (κ3) is 3.36. The molecular formula is C21H20N2OS. The van der Waals surface area contributed by atoms with E-state index in [-0.39, 0.29) is 12.2 Å². The highest BCUT2D eigenvalue weighted by atomic mass is 32.1. The molecule has 2 atom stereocenters. The highest BCUT2D eigenvalue weighted by Gasteiger charge is 2.27. The Morgan fingerprint density at radius 3 is 2.60 bits per heavy atom. The van der Waals surface area contributed by atoms with E-state index >= 15 is 0 Å². The van der Waals surface area contributed by atoms with E-state index in [1.54, 1.807) is 17.4 Å². The third-order valence-corrected chi connectivity index (χ3v) is 5.30. The molecule has 4 heteroatoms. The van der Waals surface area contributed by atoms with Crippen molar-refractivity contribution in [3.8, 4) is 5.75 Å². The Morgan fingerprint density at radius 1 is 1.08 bits per heavy atom. The van der Waals surface area contributed by atoms with Crippen molar-refractivity contribution >= 4 is 17.0 Å². The van der Waals surface area contributed by atoms with Crippen LogP contribution in [0.3, 0.4) is 0 Å². The van der Waals surface area contributed by atoms with Crippen LogP contribution in [0, 0.1) is 6.92 Å². The highest BCUT2D eigenvalue weighted by molar-refractivity contribution is 7.07. The van der Waals surface area contributed by atoms with E-state index in [1.807, 2.05) is 18.2 Å². The van der Waals surface area contributed by atoms with Gasteiger partial charge < -0.3 is 5.11 Å². The first-order valence-electron chi connectivity index (χ1n) is 8.40. The second-order valence-corrected chi connectivity index (χ2v) is 7.16. The summed E-state index contributed by atoms with van der Waals surface area (Å²) in [7, 11) is 0. The molecule has 0 saturated heterocycles. The Hall–Kier alpha value is -2.43. The van der Waals surface area contributed by atoms with Crippen LogP contribution in [0.1, 0.15) is 40.9 Å². The van der Waals surface area contributed by atoms with Crippen LogP contribution in [-0.4, -0.2) is 10.8 Å². The zero-order chi connectivity index (χ0) is 17.2. The number of phenolic OH excluding ortho intramolecular Hbond substituents is 1. The second-order valence-electron chi connectivity index (χ2n) is 6.38. The zero-order valence-electron chi connectivity index (χ0n) is 14.0. The van der Waals surface area contributed by atoms with E-state index < -0.39 is 0 Å². The molecule has 0 unspecified atom stereocenters. The minimum Gasteiger partial charge on any atom is -0.508 e. The number of aliphatic imine (C=N–C) groups is 1. The van der Waals surface area contributed by atoms with Crippen LogP contribution in [0.2, 0.25) is 0 Å². The maximum atomic E-state index is 10.3. The number of aryl methyl sites for hydroxylation is 1. The first-order chi connectivity index (χ1) is 12.2. The number of rotatable bonds is 3.